The van der Waals surface area contributed by atoms with Gasteiger partial charge in [-0.2, -0.15) is 0 Å². The lowest BCUT2D eigenvalue weighted by atomic mass is 10.1. The van der Waals surface area contributed by atoms with Crippen LogP contribution < -0.4 is 20.1 Å². The van der Waals surface area contributed by atoms with Gasteiger partial charge in [-0.3, -0.25) is 9.59 Å². The van der Waals surface area contributed by atoms with Crippen LogP contribution in [0.5, 0.6) is 11.5 Å². The van der Waals surface area contributed by atoms with Gasteiger partial charge in [-0.15, -0.1) is 0 Å². The molecule has 2 amide bonds. The molecule has 0 aliphatic carbocycles. The van der Waals surface area contributed by atoms with E-state index in [1.54, 1.807) is 19.2 Å². The summed E-state index contributed by atoms with van der Waals surface area (Å²) in [6.07, 6.45) is -0.882. The largest absolute Gasteiger partial charge is 0.496 e. The fourth-order valence-corrected chi connectivity index (χ4v) is 2.51. The highest BCUT2D eigenvalue weighted by molar-refractivity contribution is 5.99. The lowest BCUT2D eigenvalue weighted by molar-refractivity contribution is -0.130. The molecule has 6 heteroatoms. The van der Waals surface area contributed by atoms with Crippen LogP contribution in [0.25, 0.3) is 0 Å². The molecule has 0 radical (unpaired) electrons. The number of benzene rings is 2. The average molecular weight is 326 g/mol. The maximum absolute atomic E-state index is 12.1. The second kappa shape index (κ2) is 7.04. The number of hydrogen-bond donors (Lipinski definition) is 2. The monoisotopic (exact) mass is 326 g/mol. The van der Waals surface area contributed by atoms with Crippen molar-refractivity contribution in [2.24, 2.45) is 0 Å². The van der Waals surface area contributed by atoms with E-state index in [0.29, 0.717) is 23.7 Å². The van der Waals surface area contributed by atoms with Crippen molar-refractivity contribution < 1.29 is 19.1 Å². The first kappa shape index (κ1) is 15.9. The number of nitrogens with one attached hydrogen (secondary N) is 2. The van der Waals surface area contributed by atoms with Gasteiger partial charge in [0.05, 0.1) is 19.2 Å². The van der Waals surface area contributed by atoms with E-state index >= 15 is 0 Å². The van der Waals surface area contributed by atoms with E-state index in [1.165, 1.54) is 0 Å². The van der Waals surface area contributed by atoms with E-state index in [4.69, 9.17) is 9.47 Å². The summed E-state index contributed by atoms with van der Waals surface area (Å²) >= 11 is 0. The topological polar surface area (TPSA) is 76.7 Å². The summed E-state index contributed by atoms with van der Waals surface area (Å²) in [4.78, 5) is 24.2. The van der Waals surface area contributed by atoms with Gasteiger partial charge in [0.25, 0.3) is 5.91 Å². The van der Waals surface area contributed by atoms with Crippen molar-refractivity contribution in [3.05, 3.63) is 54.1 Å². The molecule has 0 spiro atoms. The van der Waals surface area contributed by atoms with E-state index in [9.17, 15) is 9.59 Å². The van der Waals surface area contributed by atoms with Gasteiger partial charge in [-0.25, -0.2) is 0 Å². The van der Waals surface area contributed by atoms with E-state index in [-0.39, 0.29) is 18.2 Å². The van der Waals surface area contributed by atoms with Crippen molar-refractivity contribution in [3.8, 4) is 11.5 Å². The molecule has 1 heterocycles. The molecule has 3 rings (SSSR count). The molecule has 1 aliphatic heterocycles. The van der Waals surface area contributed by atoms with Gasteiger partial charge in [0.1, 0.15) is 11.5 Å². The molecule has 1 atom stereocenters. The molecule has 0 saturated heterocycles. The Morgan fingerprint density at radius 3 is 2.79 bits per heavy atom. The molecule has 24 heavy (non-hydrogen) atoms. The van der Waals surface area contributed by atoms with Crippen molar-refractivity contribution in [2.45, 2.75) is 19.1 Å². The summed E-state index contributed by atoms with van der Waals surface area (Å²) in [6.45, 7) is 0.327. The molecule has 0 aromatic heterocycles. The molecule has 0 saturated carbocycles. The number of fused-ring (bicyclic) bond motifs is 1. The Morgan fingerprint density at radius 1 is 1.21 bits per heavy atom. The van der Waals surface area contributed by atoms with Crippen molar-refractivity contribution in [1.29, 1.82) is 0 Å². The quantitative estimate of drug-likeness (QED) is 0.882. The van der Waals surface area contributed by atoms with Crippen LogP contribution in [0.4, 0.5) is 5.69 Å². The fourth-order valence-electron chi connectivity index (χ4n) is 2.51. The SMILES string of the molecule is COc1ccccc1CNC(=O)C[C@@H]1Oc2ccccc2NC1=O. The minimum atomic E-state index is -0.836. The molecule has 0 unspecified atom stereocenters. The predicted octanol–water partition coefficient (Wildman–Crippen LogP) is 2.10. The summed E-state index contributed by atoms with van der Waals surface area (Å²) in [5.74, 6) is 0.694. The first-order valence-electron chi connectivity index (χ1n) is 7.62. The zero-order valence-corrected chi connectivity index (χ0v) is 13.2. The van der Waals surface area contributed by atoms with E-state index in [2.05, 4.69) is 10.6 Å². The Kier molecular flexibility index (Phi) is 4.65. The zero-order chi connectivity index (χ0) is 16.9. The van der Waals surface area contributed by atoms with Gasteiger partial charge < -0.3 is 20.1 Å². The smallest absolute Gasteiger partial charge is 0.266 e. The van der Waals surface area contributed by atoms with Crippen LogP contribution >= 0.6 is 0 Å². The number of methoxy groups -OCH3 is 1. The van der Waals surface area contributed by atoms with Gasteiger partial charge in [-0.05, 0) is 18.2 Å². The van der Waals surface area contributed by atoms with Crippen LogP contribution in [0, 0.1) is 0 Å². The summed E-state index contributed by atoms with van der Waals surface area (Å²) in [5, 5.41) is 5.53. The van der Waals surface area contributed by atoms with Gasteiger partial charge >= 0.3 is 0 Å². The van der Waals surface area contributed by atoms with Crippen LogP contribution in [-0.4, -0.2) is 25.0 Å². The lowest BCUT2D eigenvalue weighted by Crippen LogP contribution is -2.40. The molecule has 1 aliphatic rings. The molecule has 0 fully saturated rings. The highest BCUT2D eigenvalue weighted by atomic mass is 16.5. The van der Waals surface area contributed by atoms with E-state index in [1.807, 2.05) is 36.4 Å². The number of anilines is 1. The molecule has 2 N–H and O–H groups in total. The second-order valence-corrected chi connectivity index (χ2v) is 5.38. The van der Waals surface area contributed by atoms with Crippen molar-refractivity contribution in [3.63, 3.8) is 0 Å². The third kappa shape index (κ3) is 3.48. The Balaban J connectivity index is 1.58. The lowest BCUT2D eigenvalue weighted by Gasteiger charge is -2.25. The second-order valence-electron chi connectivity index (χ2n) is 5.38. The fraction of sp³-hybridized carbons (Fsp3) is 0.222. The van der Waals surface area contributed by atoms with Gasteiger partial charge in [0.15, 0.2) is 6.10 Å². The summed E-state index contributed by atoms with van der Waals surface area (Å²) in [5.41, 5.74) is 1.49. The number of carbonyl (C=O) groups is 2. The first-order valence-corrected chi connectivity index (χ1v) is 7.62. The Labute approximate surface area is 139 Å². The average Bonchev–Trinajstić information content (AvgIpc) is 2.61. The number of rotatable bonds is 5. The van der Waals surface area contributed by atoms with E-state index in [0.717, 1.165) is 5.56 Å². The molecule has 124 valence electrons. The number of ether oxygens (including phenoxy) is 2. The zero-order valence-electron chi connectivity index (χ0n) is 13.2. The summed E-state index contributed by atoms with van der Waals surface area (Å²) < 4.78 is 10.9. The van der Waals surface area contributed by atoms with Crippen molar-refractivity contribution >= 4 is 17.5 Å². The van der Waals surface area contributed by atoms with Gasteiger partial charge in [0.2, 0.25) is 5.91 Å². The first-order chi connectivity index (χ1) is 11.7. The van der Waals surface area contributed by atoms with Gasteiger partial charge in [-0.1, -0.05) is 30.3 Å². The Hall–Kier alpha value is -3.02. The van der Waals surface area contributed by atoms with Gasteiger partial charge in [0, 0.05) is 12.1 Å². The van der Waals surface area contributed by atoms with Crippen molar-refractivity contribution in [1.82, 2.24) is 5.32 Å². The number of carbonyl (C=O) groups excluding carboxylic acids is 2. The van der Waals surface area contributed by atoms with Crippen LogP contribution in [0.15, 0.2) is 48.5 Å². The number of para-hydroxylation sites is 3. The minimum Gasteiger partial charge on any atom is -0.496 e. The summed E-state index contributed by atoms with van der Waals surface area (Å²) in [7, 11) is 1.58. The highest BCUT2D eigenvalue weighted by Gasteiger charge is 2.29. The van der Waals surface area contributed by atoms with E-state index < -0.39 is 6.10 Å². The normalized spacial score (nSPS) is 15.7. The number of hydrogen-bond acceptors (Lipinski definition) is 4. The molecule has 2 aromatic rings. The highest BCUT2D eigenvalue weighted by Crippen LogP contribution is 2.29. The maximum Gasteiger partial charge on any atom is 0.266 e. The minimum absolute atomic E-state index is 0.0463. The number of amides is 2. The van der Waals surface area contributed by atoms with Crippen LogP contribution in [0.3, 0.4) is 0 Å². The van der Waals surface area contributed by atoms with Crippen molar-refractivity contribution in [2.75, 3.05) is 12.4 Å². The summed E-state index contributed by atoms with van der Waals surface area (Å²) in [6, 6.07) is 14.6. The predicted molar refractivity (Wildman–Crippen MR) is 88.9 cm³/mol. The third-order valence-corrected chi connectivity index (χ3v) is 3.75. The molecule has 6 nitrogen and oxygen atoms in total. The Morgan fingerprint density at radius 2 is 1.96 bits per heavy atom. The third-order valence-electron chi connectivity index (χ3n) is 3.75. The molecule has 2 aromatic carbocycles. The van der Waals surface area contributed by atoms with Crippen LogP contribution in [0.1, 0.15) is 12.0 Å². The standard InChI is InChI=1S/C18H18N2O4/c1-23-14-8-4-2-6-12(14)11-19-17(21)10-16-18(22)20-13-7-3-5-9-15(13)24-16/h2-9,16H,10-11H2,1H3,(H,19,21)(H,20,22)/t16-/m0/s1. The van der Waals surface area contributed by atoms with Crippen LogP contribution in [-0.2, 0) is 16.1 Å². The van der Waals surface area contributed by atoms with Crippen LogP contribution in [0.2, 0.25) is 0 Å². The molecular formula is C18H18N2O4. The molecular weight excluding hydrogens is 308 g/mol. The molecule has 0 bridgehead atoms. The Bertz CT molecular complexity index is 760. The maximum atomic E-state index is 12.1.